The molecule has 0 unspecified atom stereocenters. The van der Waals surface area contributed by atoms with E-state index in [1.807, 2.05) is 11.0 Å². The Hall–Kier alpha value is -3.20. The van der Waals surface area contributed by atoms with Crippen LogP contribution in [0.25, 0.3) is 0 Å². The van der Waals surface area contributed by atoms with Crippen LogP contribution in [0.15, 0.2) is 24.8 Å². The summed E-state index contributed by atoms with van der Waals surface area (Å²) in [6.45, 7) is 8.39. The molecule has 40 heavy (non-hydrogen) atoms. The summed E-state index contributed by atoms with van der Waals surface area (Å²) in [5.74, 6) is 0.912. The molecule has 0 saturated carbocycles. The maximum absolute atomic E-state index is 14.7. The van der Waals surface area contributed by atoms with Crippen LogP contribution in [0, 0.1) is 5.82 Å². The number of aromatic nitrogens is 2. The highest BCUT2D eigenvalue weighted by molar-refractivity contribution is 5.88. The van der Waals surface area contributed by atoms with Gasteiger partial charge in [0.1, 0.15) is 18.2 Å². The van der Waals surface area contributed by atoms with Crippen LogP contribution in [0.5, 0.6) is 6.01 Å². The maximum Gasteiger partial charge on any atom is 0.318 e. The number of rotatable bonds is 6. The van der Waals surface area contributed by atoms with Crippen LogP contribution < -0.4 is 14.5 Å². The lowest BCUT2D eigenvalue weighted by Crippen LogP contribution is -2.63. The van der Waals surface area contributed by atoms with Gasteiger partial charge in [-0.05, 0) is 94.3 Å². The Morgan fingerprint density at radius 3 is 2.70 bits per heavy atom. The molecule has 4 aliphatic heterocycles. The minimum atomic E-state index is -0.0686. The van der Waals surface area contributed by atoms with Gasteiger partial charge in [0, 0.05) is 36.9 Å². The van der Waals surface area contributed by atoms with Gasteiger partial charge in [0.2, 0.25) is 5.91 Å². The van der Waals surface area contributed by atoms with E-state index in [2.05, 4.69) is 28.3 Å². The number of carbonyl (C=O) groups excluding carboxylic acids is 1. The van der Waals surface area contributed by atoms with Crippen LogP contribution in [-0.4, -0.2) is 83.6 Å². The van der Waals surface area contributed by atoms with Gasteiger partial charge < -0.3 is 24.3 Å². The Morgan fingerprint density at radius 2 is 1.90 bits per heavy atom. The predicted octanol–water partition coefficient (Wildman–Crippen LogP) is 3.51. The molecule has 1 aromatic heterocycles. The predicted molar refractivity (Wildman–Crippen MR) is 152 cm³/mol. The second-order valence-corrected chi connectivity index (χ2v) is 12.1. The first-order chi connectivity index (χ1) is 19.5. The molecule has 1 aliphatic carbocycles. The summed E-state index contributed by atoms with van der Waals surface area (Å²) in [4.78, 5) is 31.4. The Morgan fingerprint density at radius 1 is 1.05 bits per heavy atom. The van der Waals surface area contributed by atoms with E-state index in [-0.39, 0.29) is 23.8 Å². The molecule has 0 bridgehead atoms. The van der Waals surface area contributed by atoms with Crippen molar-refractivity contribution in [2.45, 2.75) is 76.0 Å². The Labute approximate surface area is 235 Å². The van der Waals surface area contributed by atoms with Gasteiger partial charge in [-0.15, -0.1) is 0 Å². The van der Waals surface area contributed by atoms with Gasteiger partial charge >= 0.3 is 6.01 Å². The molecule has 7 rings (SSSR count). The number of anilines is 2. The number of nitrogens with zero attached hydrogens (tertiary/aromatic N) is 6. The van der Waals surface area contributed by atoms with E-state index in [9.17, 15) is 9.18 Å². The quantitative estimate of drug-likeness (QED) is 0.514. The smallest absolute Gasteiger partial charge is 0.318 e. The molecule has 9 heteroatoms. The van der Waals surface area contributed by atoms with Crippen molar-refractivity contribution in [1.82, 2.24) is 19.8 Å². The summed E-state index contributed by atoms with van der Waals surface area (Å²) in [5, 5.41) is 0. The molecule has 0 spiro atoms. The first kappa shape index (κ1) is 25.7. The number of carbonyl (C=O) groups is 1. The zero-order valence-electron chi connectivity index (χ0n) is 23.4. The van der Waals surface area contributed by atoms with Crippen LogP contribution in [0.4, 0.5) is 15.9 Å². The monoisotopic (exact) mass is 546 g/mol. The van der Waals surface area contributed by atoms with Gasteiger partial charge in [-0.25, -0.2) is 4.39 Å². The third-order valence-electron chi connectivity index (χ3n) is 9.92. The molecule has 3 fully saturated rings. The van der Waals surface area contributed by atoms with Crippen molar-refractivity contribution in [2.75, 3.05) is 49.6 Å². The highest BCUT2D eigenvalue weighted by Gasteiger charge is 2.49. The van der Waals surface area contributed by atoms with Gasteiger partial charge in [-0.3, -0.25) is 4.79 Å². The molecule has 1 amide bonds. The zero-order valence-corrected chi connectivity index (χ0v) is 23.4. The lowest BCUT2D eigenvalue weighted by atomic mass is 9.89. The van der Waals surface area contributed by atoms with Crippen LogP contribution in [0.1, 0.15) is 54.5 Å². The van der Waals surface area contributed by atoms with E-state index >= 15 is 0 Å². The van der Waals surface area contributed by atoms with Crippen molar-refractivity contribution in [1.29, 1.82) is 0 Å². The number of amides is 1. The van der Waals surface area contributed by atoms with Crippen molar-refractivity contribution in [2.24, 2.45) is 0 Å². The van der Waals surface area contributed by atoms with Crippen LogP contribution in [0.2, 0.25) is 0 Å². The molecule has 1 aromatic carbocycles. The molecular formula is C31H39FN6O2. The highest BCUT2D eigenvalue weighted by atomic mass is 19.1. The lowest BCUT2D eigenvalue weighted by Gasteiger charge is -2.48. The van der Waals surface area contributed by atoms with Gasteiger partial charge in [-0.1, -0.05) is 6.58 Å². The molecule has 5 heterocycles. The first-order valence-electron chi connectivity index (χ1n) is 15.0. The lowest BCUT2D eigenvalue weighted by molar-refractivity contribution is -0.127. The van der Waals surface area contributed by atoms with Crippen molar-refractivity contribution in [3.8, 4) is 6.01 Å². The molecule has 0 radical (unpaired) electrons. The molecule has 2 aromatic rings. The minimum absolute atomic E-state index is 0.0137. The van der Waals surface area contributed by atoms with E-state index in [4.69, 9.17) is 14.7 Å². The standard InChI is InChI=1S/C31H39FN6O2/c1-3-29(39)37-16-13-27-28(37)18-38(27)30-23-12-15-36(26-11-10-24(32)21-8-4-5-9-22(21)26)17-25(23)33-31(34-30)40-19-20-7-6-14-35(20)2/h3,10-11,20,27-28H,1,4-9,12-19H2,2H3/t20-,27+,28+/m0/s1. The van der Waals surface area contributed by atoms with Crippen LogP contribution in [-0.2, 0) is 30.6 Å². The maximum atomic E-state index is 14.7. The number of benzene rings is 1. The van der Waals surface area contributed by atoms with Crippen LogP contribution in [0.3, 0.4) is 0 Å². The largest absolute Gasteiger partial charge is 0.462 e. The second-order valence-electron chi connectivity index (χ2n) is 12.1. The fourth-order valence-corrected chi connectivity index (χ4v) is 7.61. The van der Waals surface area contributed by atoms with Crippen molar-refractivity contribution in [3.63, 3.8) is 0 Å². The summed E-state index contributed by atoms with van der Waals surface area (Å²) in [5.41, 5.74) is 5.41. The summed E-state index contributed by atoms with van der Waals surface area (Å²) < 4.78 is 20.9. The van der Waals surface area contributed by atoms with Crippen LogP contribution >= 0.6 is 0 Å². The van der Waals surface area contributed by atoms with E-state index in [1.54, 1.807) is 6.07 Å². The third-order valence-corrected chi connectivity index (χ3v) is 9.92. The summed E-state index contributed by atoms with van der Waals surface area (Å²) in [7, 11) is 2.15. The van der Waals surface area contributed by atoms with Gasteiger partial charge in [0.15, 0.2) is 0 Å². The highest BCUT2D eigenvalue weighted by Crippen LogP contribution is 2.41. The van der Waals surface area contributed by atoms with Crippen molar-refractivity contribution in [3.05, 3.63) is 53.0 Å². The number of ether oxygens (including phenoxy) is 1. The Kier molecular flexibility index (Phi) is 6.65. The molecule has 8 nitrogen and oxygen atoms in total. The van der Waals surface area contributed by atoms with Gasteiger partial charge in [-0.2, -0.15) is 9.97 Å². The molecule has 3 saturated heterocycles. The topological polar surface area (TPSA) is 65.0 Å². The van der Waals surface area contributed by atoms with Gasteiger partial charge in [0.25, 0.3) is 0 Å². The molecule has 0 N–H and O–H groups in total. The Bertz CT molecular complexity index is 1330. The number of halogens is 1. The molecule has 212 valence electrons. The first-order valence-corrected chi connectivity index (χ1v) is 15.0. The summed E-state index contributed by atoms with van der Waals surface area (Å²) in [6, 6.07) is 4.90. The average molecular weight is 547 g/mol. The van der Waals surface area contributed by atoms with E-state index in [1.165, 1.54) is 23.6 Å². The van der Waals surface area contributed by atoms with E-state index in [0.717, 1.165) is 93.9 Å². The molecular weight excluding hydrogens is 507 g/mol. The number of hydrogen-bond acceptors (Lipinski definition) is 7. The fraction of sp³-hybridized carbons (Fsp3) is 0.581. The number of fused-ring (bicyclic) bond motifs is 3. The zero-order chi connectivity index (χ0) is 27.4. The number of likely N-dealkylation sites (N-methyl/N-ethyl adjacent to an activating group) is 1. The SMILES string of the molecule is C=CC(=O)N1CC[C@@H]2[C@H]1CN2c1nc(OC[C@@H]2CCCN2C)nc2c1CCN(c1ccc(F)c3c1CCCC3)C2. The normalized spacial score (nSPS) is 25.8. The van der Waals surface area contributed by atoms with Crippen molar-refractivity contribution < 1.29 is 13.9 Å². The Balaban J connectivity index is 1.19. The summed E-state index contributed by atoms with van der Waals surface area (Å²) >= 11 is 0. The summed E-state index contributed by atoms with van der Waals surface area (Å²) in [6.07, 6.45) is 9.41. The van der Waals surface area contributed by atoms with Gasteiger partial charge in [0.05, 0.1) is 24.3 Å². The van der Waals surface area contributed by atoms with Crippen molar-refractivity contribution >= 4 is 17.4 Å². The van der Waals surface area contributed by atoms with E-state index in [0.29, 0.717) is 25.2 Å². The molecule has 5 aliphatic rings. The number of hydrogen-bond donors (Lipinski definition) is 0. The molecule has 3 atom stereocenters. The van der Waals surface area contributed by atoms with E-state index < -0.39 is 0 Å². The second kappa shape index (κ2) is 10.3. The average Bonchev–Trinajstić information content (AvgIpc) is 3.53. The number of likely N-dealkylation sites (tertiary alicyclic amines) is 2. The fourth-order valence-electron chi connectivity index (χ4n) is 7.61. The third kappa shape index (κ3) is 4.33. The minimum Gasteiger partial charge on any atom is -0.462 e.